The Morgan fingerprint density at radius 2 is 1.69 bits per heavy atom. The van der Waals surface area contributed by atoms with E-state index in [1.165, 1.54) is 0 Å². The van der Waals surface area contributed by atoms with E-state index in [1.807, 2.05) is 42.5 Å². The van der Waals surface area contributed by atoms with Crippen molar-refractivity contribution < 1.29 is 13.5 Å². The van der Waals surface area contributed by atoms with Gasteiger partial charge in [0.2, 0.25) is 10.0 Å². The van der Waals surface area contributed by atoms with Gasteiger partial charge in [0.05, 0.1) is 11.5 Å². The number of aliphatic hydroxyl groups excluding tert-OH is 1. The topological polar surface area (TPSA) is 94.0 Å². The number of hydrogen-bond acceptors (Lipinski definition) is 4. The standard InChI is InChI=1S/C23H32N4O3S.HI/c1-24-23(26-17-21(18-28)19-10-4-2-5-11-19)25-16-20-12-6-7-13-22(20)31(29,30)27-14-8-3-9-15-27;/h2,4-7,10-13,21,28H,3,8-9,14-18H2,1H3,(H2,24,25,26);1H. The first kappa shape index (κ1) is 26.6. The van der Waals surface area contributed by atoms with Crippen LogP contribution in [-0.2, 0) is 16.6 Å². The molecule has 9 heteroatoms. The van der Waals surface area contributed by atoms with Crippen LogP contribution in [0.5, 0.6) is 0 Å². The number of benzene rings is 2. The molecule has 0 aromatic heterocycles. The second kappa shape index (κ2) is 13.1. The summed E-state index contributed by atoms with van der Waals surface area (Å²) < 4.78 is 27.9. The lowest BCUT2D eigenvalue weighted by molar-refractivity contribution is 0.265. The third kappa shape index (κ3) is 6.90. The number of hydrogen-bond donors (Lipinski definition) is 3. The number of aliphatic imine (C=N–C) groups is 1. The molecule has 1 heterocycles. The Labute approximate surface area is 208 Å². The predicted molar refractivity (Wildman–Crippen MR) is 139 cm³/mol. The van der Waals surface area contributed by atoms with E-state index < -0.39 is 10.0 Å². The number of nitrogens with one attached hydrogen (secondary N) is 2. The monoisotopic (exact) mass is 572 g/mol. The third-order valence-corrected chi connectivity index (χ3v) is 7.58. The number of halogens is 1. The fraction of sp³-hybridized carbons (Fsp3) is 0.435. The van der Waals surface area contributed by atoms with Crippen molar-refractivity contribution in [1.82, 2.24) is 14.9 Å². The van der Waals surface area contributed by atoms with Gasteiger partial charge in [-0.2, -0.15) is 4.31 Å². The van der Waals surface area contributed by atoms with Crippen molar-refractivity contribution in [2.24, 2.45) is 4.99 Å². The number of aliphatic hydroxyl groups is 1. The summed E-state index contributed by atoms with van der Waals surface area (Å²) in [6.07, 6.45) is 2.89. The molecule has 1 aliphatic heterocycles. The molecule has 7 nitrogen and oxygen atoms in total. The first-order chi connectivity index (χ1) is 15.1. The zero-order chi connectivity index (χ0) is 22.1. The van der Waals surface area contributed by atoms with E-state index in [0.717, 1.165) is 24.8 Å². The Bertz CT molecular complexity index is 964. The highest BCUT2D eigenvalue weighted by atomic mass is 127. The van der Waals surface area contributed by atoms with Crippen molar-refractivity contribution in [3.8, 4) is 0 Å². The molecule has 3 rings (SSSR count). The largest absolute Gasteiger partial charge is 0.396 e. The van der Waals surface area contributed by atoms with Gasteiger partial charge < -0.3 is 15.7 Å². The van der Waals surface area contributed by atoms with Gasteiger partial charge in [0.25, 0.3) is 0 Å². The number of sulfonamides is 1. The first-order valence-corrected chi connectivity index (χ1v) is 12.2. The van der Waals surface area contributed by atoms with Crippen molar-refractivity contribution in [2.75, 3.05) is 33.3 Å². The lowest BCUT2D eigenvalue weighted by atomic mass is 10.0. The van der Waals surface area contributed by atoms with Gasteiger partial charge in [-0.1, -0.05) is 55.0 Å². The van der Waals surface area contributed by atoms with Gasteiger partial charge >= 0.3 is 0 Å². The number of rotatable bonds is 8. The Morgan fingerprint density at radius 3 is 2.34 bits per heavy atom. The molecule has 0 radical (unpaired) electrons. The van der Waals surface area contributed by atoms with Crippen LogP contribution in [0.15, 0.2) is 64.5 Å². The Kier molecular flexibility index (Phi) is 10.9. The van der Waals surface area contributed by atoms with E-state index in [0.29, 0.717) is 42.6 Å². The molecule has 0 aliphatic carbocycles. The number of guanidine groups is 1. The van der Waals surface area contributed by atoms with E-state index in [-0.39, 0.29) is 36.5 Å². The third-order valence-electron chi connectivity index (χ3n) is 5.58. The summed E-state index contributed by atoms with van der Waals surface area (Å²) in [7, 11) is -1.84. The van der Waals surface area contributed by atoms with Crippen LogP contribution < -0.4 is 10.6 Å². The van der Waals surface area contributed by atoms with E-state index in [2.05, 4.69) is 15.6 Å². The minimum absolute atomic E-state index is 0. The Hall–Kier alpha value is -1.69. The maximum Gasteiger partial charge on any atom is 0.243 e. The van der Waals surface area contributed by atoms with Gasteiger partial charge in [0, 0.05) is 39.1 Å². The molecule has 1 fully saturated rings. The summed E-state index contributed by atoms with van der Waals surface area (Å²) in [5.41, 5.74) is 1.75. The summed E-state index contributed by atoms with van der Waals surface area (Å²) in [4.78, 5) is 4.58. The van der Waals surface area contributed by atoms with Gasteiger partial charge in [-0.15, -0.1) is 24.0 Å². The normalized spacial score (nSPS) is 16.1. The van der Waals surface area contributed by atoms with E-state index in [1.54, 1.807) is 23.5 Å². The van der Waals surface area contributed by atoms with Crippen LogP contribution in [0, 0.1) is 0 Å². The molecule has 2 aromatic rings. The zero-order valence-electron chi connectivity index (χ0n) is 18.4. The Morgan fingerprint density at radius 1 is 1.03 bits per heavy atom. The van der Waals surface area contributed by atoms with E-state index in [9.17, 15) is 13.5 Å². The molecular weight excluding hydrogens is 539 g/mol. The second-order valence-electron chi connectivity index (χ2n) is 7.67. The molecule has 1 aliphatic rings. The van der Waals surface area contributed by atoms with Crippen LogP contribution in [0.1, 0.15) is 36.3 Å². The molecule has 2 aromatic carbocycles. The van der Waals surface area contributed by atoms with Crippen LogP contribution in [0.4, 0.5) is 0 Å². The van der Waals surface area contributed by atoms with Crippen molar-refractivity contribution in [3.05, 3.63) is 65.7 Å². The first-order valence-electron chi connectivity index (χ1n) is 10.7. The summed E-state index contributed by atoms with van der Waals surface area (Å²) in [6, 6.07) is 16.9. The van der Waals surface area contributed by atoms with Crippen molar-refractivity contribution >= 4 is 40.0 Å². The van der Waals surface area contributed by atoms with E-state index >= 15 is 0 Å². The smallest absolute Gasteiger partial charge is 0.243 e. The molecule has 3 N–H and O–H groups in total. The van der Waals surface area contributed by atoms with Crippen LogP contribution in [0.3, 0.4) is 0 Å². The number of nitrogens with zero attached hydrogens (tertiary/aromatic N) is 2. The summed E-state index contributed by atoms with van der Waals surface area (Å²) >= 11 is 0. The minimum atomic E-state index is -3.51. The average molecular weight is 573 g/mol. The molecule has 176 valence electrons. The fourth-order valence-corrected chi connectivity index (χ4v) is 5.52. The molecule has 1 unspecified atom stereocenters. The van der Waals surface area contributed by atoms with Crippen LogP contribution in [-0.4, -0.2) is 57.1 Å². The fourth-order valence-electron chi connectivity index (χ4n) is 3.78. The van der Waals surface area contributed by atoms with Crippen molar-refractivity contribution in [3.63, 3.8) is 0 Å². The molecule has 0 amide bonds. The van der Waals surface area contributed by atoms with Crippen LogP contribution in [0.25, 0.3) is 0 Å². The second-order valence-corrected chi connectivity index (χ2v) is 9.58. The van der Waals surface area contributed by atoms with Crippen molar-refractivity contribution in [1.29, 1.82) is 0 Å². The maximum atomic E-state index is 13.2. The predicted octanol–water partition coefficient (Wildman–Crippen LogP) is 2.92. The summed E-state index contributed by atoms with van der Waals surface area (Å²) in [5, 5.41) is 16.2. The summed E-state index contributed by atoms with van der Waals surface area (Å²) in [6.45, 7) is 2.02. The van der Waals surface area contributed by atoms with Gasteiger partial charge in [0.15, 0.2) is 5.96 Å². The van der Waals surface area contributed by atoms with Crippen LogP contribution in [0.2, 0.25) is 0 Å². The SMILES string of the molecule is CN=C(NCc1ccccc1S(=O)(=O)N1CCCCC1)NCC(CO)c1ccccc1.I. The molecule has 1 saturated heterocycles. The molecule has 0 spiro atoms. The average Bonchev–Trinajstić information content (AvgIpc) is 2.83. The highest BCUT2D eigenvalue weighted by molar-refractivity contribution is 14.0. The lowest BCUT2D eigenvalue weighted by Gasteiger charge is -2.27. The van der Waals surface area contributed by atoms with Crippen LogP contribution >= 0.6 is 24.0 Å². The molecule has 0 bridgehead atoms. The van der Waals surface area contributed by atoms with Gasteiger partial charge in [0.1, 0.15) is 0 Å². The maximum absolute atomic E-state index is 13.2. The minimum Gasteiger partial charge on any atom is -0.396 e. The van der Waals surface area contributed by atoms with Gasteiger partial charge in [-0.05, 0) is 30.0 Å². The van der Waals surface area contributed by atoms with Crippen molar-refractivity contribution in [2.45, 2.75) is 36.6 Å². The van der Waals surface area contributed by atoms with Gasteiger partial charge in [-0.3, -0.25) is 4.99 Å². The quantitative estimate of drug-likeness (QED) is 0.257. The Balaban J connectivity index is 0.00000363. The zero-order valence-corrected chi connectivity index (χ0v) is 21.6. The molecule has 1 atom stereocenters. The molecule has 32 heavy (non-hydrogen) atoms. The van der Waals surface area contributed by atoms with E-state index in [4.69, 9.17) is 0 Å². The highest BCUT2D eigenvalue weighted by Gasteiger charge is 2.27. The molecule has 0 saturated carbocycles. The molecular formula is C23H33IN4O3S. The number of piperidine rings is 1. The lowest BCUT2D eigenvalue weighted by Crippen LogP contribution is -2.40. The highest BCUT2D eigenvalue weighted by Crippen LogP contribution is 2.23. The summed E-state index contributed by atoms with van der Waals surface area (Å²) in [5.74, 6) is 0.492. The van der Waals surface area contributed by atoms with Gasteiger partial charge in [-0.25, -0.2) is 8.42 Å².